The van der Waals surface area contributed by atoms with Crippen LogP contribution in [0.25, 0.3) is 0 Å². The first kappa shape index (κ1) is 29.7. The zero-order valence-electron chi connectivity index (χ0n) is 23.0. The molecule has 2 aromatic rings. The Balaban J connectivity index is 1.32. The van der Waals surface area contributed by atoms with Crippen LogP contribution < -0.4 is 0 Å². The van der Waals surface area contributed by atoms with Crippen molar-refractivity contribution in [3.63, 3.8) is 0 Å². The van der Waals surface area contributed by atoms with Gasteiger partial charge in [-0.25, -0.2) is 0 Å². The lowest BCUT2D eigenvalue weighted by atomic mass is 9.85. The van der Waals surface area contributed by atoms with E-state index in [1.165, 1.54) is 37.7 Å². The van der Waals surface area contributed by atoms with Gasteiger partial charge in [-0.2, -0.15) is 0 Å². The highest BCUT2D eigenvalue weighted by molar-refractivity contribution is 5.78. The van der Waals surface area contributed by atoms with Crippen LogP contribution in [0.2, 0.25) is 0 Å². The number of aliphatic hydroxyl groups excluding tert-OH is 4. The molecule has 0 spiro atoms. The van der Waals surface area contributed by atoms with Gasteiger partial charge in [0.05, 0.1) is 6.61 Å². The standard InChI is InChI=1S/C32H44O7/c1-20-16-27(35)26(32-31(38)30(37)29(36)28(19-33)39-32)18-24(20)17-23-12-10-22(11-13-23)8-5-9-25(34)15-14-21-6-3-2-4-7-21/h10-13,16,18,21,28-33,35-38H,2-9,14-15,17,19H2,1H3/t28-,29-,30+,31-,32+/m1/s1. The molecule has 214 valence electrons. The van der Waals surface area contributed by atoms with E-state index in [-0.39, 0.29) is 5.75 Å². The summed E-state index contributed by atoms with van der Waals surface area (Å²) in [6.07, 6.45) is 4.77. The molecule has 2 fully saturated rings. The van der Waals surface area contributed by atoms with E-state index in [4.69, 9.17) is 4.74 Å². The summed E-state index contributed by atoms with van der Waals surface area (Å²) in [4.78, 5) is 12.3. The van der Waals surface area contributed by atoms with Crippen LogP contribution in [-0.2, 0) is 22.4 Å². The highest BCUT2D eigenvalue weighted by Crippen LogP contribution is 2.38. The second kappa shape index (κ2) is 13.9. The molecule has 5 N–H and O–H groups in total. The van der Waals surface area contributed by atoms with E-state index >= 15 is 0 Å². The molecule has 1 aliphatic carbocycles. The highest BCUT2D eigenvalue weighted by atomic mass is 16.5. The fourth-order valence-corrected chi connectivity index (χ4v) is 6.03. The first-order valence-corrected chi connectivity index (χ1v) is 14.5. The molecule has 0 aromatic heterocycles. The molecule has 1 heterocycles. The van der Waals surface area contributed by atoms with Crippen molar-refractivity contribution in [3.8, 4) is 5.75 Å². The third kappa shape index (κ3) is 7.68. The van der Waals surface area contributed by atoms with Gasteiger partial charge in [0.1, 0.15) is 42.1 Å². The largest absolute Gasteiger partial charge is 0.508 e. The number of ether oxygens (including phenoxy) is 1. The summed E-state index contributed by atoms with van der Waals surface area (Å²) >= 11 is 0. The maximum absolute atomic E-state index is 12.3. The van der Waals surface area contributed by atoms with Crippen LogP contribution in [0, 0.1) is 12.8 Å². The molecule has 0 amide bonds. The fourth-order valence-electron chi connectivity index (χ4n) is 6.03. The molecule has 7 heteroatoms. The monoisotopic (exact) mass is 540 g/mol. The van der Waals surface area contributed by atoms with Crippen LogP contribution in [0.5, 0.6) is 5.75 Å². The van der Waals surface area contributed by atoms with Gasteiger partial charge in [-0.05, 0) is 72.9 Å². The summed E-state index contributed by atoms with van der Waals surface area (Å²) in [5.74, 6) is 1.06. The number of ketones is 1. The van der Waals surface area contributed by atoms with E-state index in [0.29, 0.717) is 24.2 Å². The maximum Gasteiger partial charge on any atom is 0.132 e. The zero-order chi connectivity index (χ0) is 27.9. The van der Waals surface area contributed by atoms with Gasteiger partial charge in [-0.15, -0.1) is 0 Å². The summed E-state index contributed by atoms with van der Waals surface area (Å²) in [6.45, 7) is 1.37. The number of hydrogen-bond donors (Lipinski definition) is 5. The molecule has 0 bridgehead atoms. The van der Waals surface area contributed by atoms with Crippen molar-refractivity contribution >= 4 is 5.78 Å². The van der Waals surface area contributed by atoms with E-state index in [1.54, 1.807) is 12.1 Å². The molecule has 1 aliphatic heterocycles. The maximum atomic E-state index is 12.3. The molecular weight excluding hydrogens is 496 g/mol. The van der Waals surface area contributed by atoms with E-state index in [1.807, 2.05) is 6.92 Å². The Morgan fingerprint density at radius 3 is 2.31 bits per heavy atom. The molecule has 1 saturated heterocycles. The Labute approximate surface area is 231 Å². The van der Waals surface area contributed by atoms with Crippen LogP contribution in [-0.4, -0.2) is 62.3 Å². The summed E-state index contributed by atoms with van der Waals surface area (Å²) in [6, 6.07) is 11.7. The van der Waals surface area contributed by atoms with Crippen molar-refractivity contribution in [2.75, 3.05) is 6.61 Å². The molecule has 1 saturated carbocycles. The summed E-state index contributed by atoms with van der Waals surface area (Å²) in [5, 5.41) is 50.9. The minimum absolute atomic E-state index is 0.0794. The molecular formula is C32H44O7. The lowest BCUT2D eigenvalue weighted by molar-refractivity contribution is -0.232. The third-order valence-corrected chi connectivity index (χ3v) is 8.58. The van der Waals surface area contributed by atoms with E-state index in [2.05, 4.69) is 24.3 Å². The number of benzene rings is 2. The number of carbonyl (C=O) groups is 1. The van der Waals surface area contributed by atoms with Crippen LogP contribution in [0.3, 0.4) is 0 Å². The van der Waals surface area contributed by atoms with Crippen molar-refractivity contribution in [1.82, 2.24) is 0 Å². The smallest absolute Gasteiger partial charge is 0.132 e. The first-order valence-electron chi connectivity index (χ1n) is 14.5. The van der Waals surface area contributed by atoms with Crippen LogP contribution in [0.4, 0.5) is 0 Å². The molecule has 39 heavy (non-hydrogen) atoms. The quantitative estimate of drug-likeness (QED) is 0.291. The molecule has 2 aliphatic rings. The zero-order valence-corrected chi connectivity index (χ0v) is 23.0. The Morgan fingerprint density at radius 2 is 1.62 bits per heavy atom. The number of phenolic OH excluding ortho intramolecular Hbond substituents is 1. The van der Waals surface area contributed by atoms with E-state index in [9.17, 15) is 30.3 Å². The lowest BCUT2D eigenvalue weighted by Gasteiger charge is -2.40. The van der Waals surface area contributed by atoms with Gasteiger partial charge in [0.15, 0.2) is 0 Å². The van der Waals surface area contributed by atoms with Gasteiger partial charge in [0.25, 0.3) is 0 Å². The highest BCUT2D eigenvalue weighted by Gasteiger charge is 2.44. The average Bonchev–Trinajstić information content (AvgIpc) is 2.94. The van der Waals surface area contributed by atoms with E-state index < -0.39 is 37.1 Å². The van der Waals surface area contributed by atoms with Crippen LogP contribution in [0.1, 0.15) is 91.7 Å². The van der Waals surface area contributed by atoms with Gasteiger partial charge in [-0.1, -0.05) is 56.4 Å². The number of phenols is 1. The number of hydrogen-bond acceptors (Lipinski definition) is 7. The molecule has 0 radical (unpaired) electrons. The fraction of sp³-hybridized carbons (Fsp3) is 0.594. The van der Waals surface area contributed by atoms with Gasteiger partial charge >= 0.3 is 0 Å². The van der Waals surface area contributed by atoms with Crippen molar-refractivity contribution in [3.05, 3.63) is 64.2 Å². The normalized spacial score (nSPS) is 26.0. The SMILES string of the molecule is Cc1cc(O)c([C@@H]2O[C@H](CO)[C@@H](O)[C@H](O)[C@H]2O)cc1Cc1ccc(CCCC(=O)CCC2CCCCC2)cc1. The molecule has 5 atom stereocenters. The molecule has 7 nitrogen and oxygen atoms in total. The average molecular weight is 541 g/mol. The van der Waals surface area contributed by atoms with Crippen molar-refractivity contribution < 1.29 is 35.1 Å². The number of aromatic hydroxyl groups is 1. The lowest BCUT2D eigenvalue weighted by Crippen LogP contribution is -2.55. The van der Waals surface area contributed by atoms with Crippen LogP contribution in [0.15, 0.2) is 36.4 Å². The summed E-state index contributed by atoms with van der Waals surface area (Å²) in [5.41, 5.74) is 4.38. The molecule has 4 rings (SSSR count). The minimum Gasteiger partial charge on any atom is -0.508 e. The van der Waals surface area contributed by atoms with Gasteiger partial charge < -0.3 is 30.3 Å². The van der Waals surface area contributed by atoms with Crippen molar-refractivity contribution in [1.29, 1.82) is 0 Å². The third-order valence-electron chi connectivity index (χ3n) is 8.58. The van der Waals surface area contributed by atoms with E-state index in [0.717, 1.165) is 48.3 Å². The Hall–Kier alpha value is -2.29. The van der Waals surface area contributed by atoms with Gasteiger partial charge in [-0.3, -0.25) is 4.79 Å². The summed E-state index contributed by atoms with van der Waals surface area (Å²) < 4.78 is 5.66. The predicted octanol–water partition coefficient (Wildman–Crippen LogP) is 4.06. The second-order valence-electron chi connectivity index (χ2n) is 11.5. The number of aliphatic hydroxyl groups is 4. The number of Topliss-reactive ketones (excluding diaryl/α,β-unsaturated/α-hetero) is 1. The predicted molar refractivity (Wildman–Crippen MR) is 149 cm³/mol. The minimum atomic E-state index is -1.51. The Kier molecular flexibility index (Phi) is 10.6. The number of carbonyl (C=O) groups excluding carboxylic acids is 1. The number of rotatable bonds is 11. The first-order chi connectivity index (χ1) is 18.8. The summed E-state index contributed by atoms with van der Waals surface area (Å²) in [7, 11) is 0. The second-order valence-corrected chi connectivity index (χ2v) is 11.5. The van der Waals surface area contributed by atoms with Gasteiger partial charge in [0, 0.05) is 18.4 Å². The molecule has 0 unspecified atom stereocenters. The number of aryl methyl sites for hydroxylation is 2. The van der Waals surface area contributed by atoms with Gasteiger partial charge in [0.2, 0.25) is 0 Å². The molecule has 2 aromatic carbocycles. The van der Waals surface area contributed by atoms with Crippen molar-refractivity contribution in [2.24, 2.45) is 5.92 Å². The Bertz CT molecular complexity index is 1070. The topological polar surface area (TPSA) is 127 Å². The Morgan fingerprint density at radius 1 is 0.923 bits per heavy atom. The van der Waals surface area contributed by atoms with Crippen molar-refractivity contribution in [2.45, 2.75) is 108 Å². The van der Waals surface area contributed by atoms with Crippen LogP contribution >= 0.6 is 0 Å².